The van der Waals surface area contributed by atoms with Gasteiger partial charge in [0.2, 0.25) is 5.78 Å². The molecule has 3 aromatic rings. The van der Waals surface area contributed by atoms with Crippen LogP contribution in [0, 0.1) is 18.3 Å². The lowest BCUT2D eigenvalue weighted by atomic mass is 9.97. The number of carbonyl (C=O) groups excluding carboxylic acids is 1. The largest absolute Gasteiger partial charge is 0.422 e. The Kier molecular flexibility index (Phi) is 4.49. The van der Waals surface area contributed by atoms with Crippen LogP contribution in [0.1, 0.15) is 32.6 Å². The molecule has 0 aliphatic heterocycles. The lowest BCUT2D eigenvalue weighted by molar-refractivity contribution is 0.103. The number of rotatable bonds is 3. The summed E-state index contributed by atoms with van der Waals surface area (Å²) in [4.78, 5) is 25.1. The highest BCUT2D eigenvalue weighted by atomic mass is 127. The van der Waals surface area contributed by atoms with Crippen molar-refractivity contribution in [3.8, 4) is 6.07 Å². The second-order valence-electron chi connectivity index (χ2n) is 5.37. The van der Waals surface area contributed by atoms with Gasteiger partial charge in [-0.05, 0) is 36.2 Å². The molecule has 0 spiro atoms. The van der Waals surface area contributed by atoms with Crippen LogP contribution in [0.5, 0.6) is 0 Å². The van der Waals surface area contributed by atoms with Gasteiger partial charge in [0, 0.05) is 15.4 Å². The van der Waals surface area contributed by atoms with Gasteiger partial charge in [0.1, 0.15) is 11.1 Å². The molecule has 0 aliphatic rings. The monoisotopic (exact) mass is 429 g/mol. The second kappa shape index (κ2) is 6.57. The van der Waals surface area contributed by atoms with Crippen molar-refractivity contribution in [3.63, 3.8) is 0 Å². The fourth-order valence-corrected chi connectivity index (χ4v) is 3.09. The smallest absolute Gasteiger partial charge is 0.347 e. The van der Waals surface area contributed by atoms with Crippen LogP contribution in [0.4, 0.5) is 0 Å². The van der Waals surface area contributed by atoms with E-state index >= 15 is 0 Å². The van der Waals surface area contributed by atoms with Crippen LogP contribution >= 0.6 is 22.6 Å². The number of hydrogen-bond acceptors (Lipinski definition) is 4. The van der Waals surface area contributed by atoms with Gasteiger partial charge < -0.3 is 4.42 Å². The molecule has 0 N–H and O–H groups in total. The third kappa shape index (κ3) is 2.85. The number of alkyl halides is 1. The summed E-state index contributed by atoms with van der Waals surface area (Å²) in [6.45, 7) is 1.72. The van der Waals surface area contributed by atoms with Crippen LogP contribution in [0.2, 0.25) is 0 Å². The van der Waals surface area contributed by atoms with Crippen LogP contribution < -0.4 is 5.63 Å². The normalized spacial score (nSPS) is 10.5. The molecule has 24 heavy (non-hydrogen) atoms. The average molecular weight is 429 g/mol. The molecule has 2 aromatic carbocycles. The molecule has 0 aliphatic carbocycles. The van der Waals surface area contributed by atoms with E-state index in [4.69, 9.17) is 9.68 Å². The molecule has 0 saturated carbocycles. The Labute approximate surface area is 151 Å². The molecule has 3 rings (SSSR count). The summed E-state index contributed by atoms with van der Waals surface area (Å²) >= 11 is 2.25. The van der Waals surface area contributed by atoms with Gasteiger partial charge in [-0.25, -0.2) is 4.79 Å². The summed E-state index contributed by atoms with van der Waals surface area (Å²) in [5, 5.41) is 9.60. The Hall–Kier alpha value is -2.46. The van der Waals surface area contributed by atoms with Crippen molar-refractivity contribution < 1.29 is 9.21 Å². The first-order valence-corrected chi connectivity index (χ1v) is 8.75. The van der Waals surface area contributed by atoms with E-state index in [2.05, 4.69) is 22.6 Å². The van der Waals surface area contributed by atoms with Gasteiger partial charge in [-0.3, -0.25) is 4.79 Å². The van der Waals surface area contributed by atoms with Crippen molar-refractivity contribution >= 4 is 39.3 Å². The van der Waals surface area contributed by atoms with Crippen molar-refractivity contribution in [1.82, 2.24) is 0 Å². The first kappa shape index (κ1) is 16.4. The molecular formula is C19H12INO3. The predicted molar refractivity (Wildman–Crippen MR) is 99.5 cm³/mol. The Bertz CT molecular complexity index is 1040. The molecule has 0 amide bonds. The number of nitrogens with zero attached hydrogens (tertiary/aromatic N) is 1. The minimum atomic E-state index is -0.682. The maximum atomic E-state index is 12.7. The lowest BCUT2D eigenvalue weighted by Crippen LogP contribution is -2.17. The standard InChI is InChI=1S/C19H12INO3/c1-11-15-7-4-13(10-21)8-16(15)24-19(23)17(11)18(22)14-5-2-12(9-20)3-6-14/h2-8H,9H2,1H3. The Morgan fingerprint density at radius 2 is 1.92 bits per heavy atom. The summed E-state index contributed by atoms with van der Waals surface area (Å²) in [7, 11) is 0. The van der Waals surface area contributed by atoms with E-state index in [-0.39, 0.29) is 11.3 Å². The molecule has 4 nitrogen and oxygen atoms in total. The highest BCUT2D eigenvalue weighted by molar-refractivity contribution is 14.1. The van der Waals surface area contributed by atoms with Crippen LogP contribution in [0.3, 0.4) is 0 Å². The van der Waals surface area contributed by atoms with E-state index in [0.29, 0.717) is 27.7 Å². The fraction of sp³-hybridized carbons (Fsp3) is 0.105. The van der Waals surface area contributed by atoms with Gasteiger partial charge in [0.05, 0.1) is 11.6 Å². The Morgan fingerprint density at radius 1 is 1.21 bits per heavy atom. The molecule has 0 saturated heterocycles. The van der Waals surface area contributed by atoms with E-state index in [9.17, 15) is 9.59 Å². The van der Waals surface area contributed by atoms with Gasteiger partial charge >= 0.3 is 5.63 Å². The lowest BCUT2D eigenvalue weighted by Gasteiger charge is -2.07. The van der Waals surface area contributed by atoms with Gasteiger partial charge in [-0.2, -0.15) is 5.26 Å². The number of hydrogen-bond donors (Lipinski definition) is 0. The summed E-state index contributed by atoms with van der Waals surface area (Å²) in [6, 6.07) is 14.0. The zero-order valence-corrected chi connectivity index (χ0v) is 15.0. The van der Waals surface area contributed by atoms with E-state index < -0.39 is 5.63 Å². The van der Waals surface area contributed by atoms with Gasteiger partial charge in [0.25, 0.3) is 0 Å². The summed E-state index contributed by atoms with van der Waals surface area (Å²) in [5.74, 6) is -0.354. The average Bonchev–Trinajstić information content (AvgIpc) is 2.61. The van der Waals surface area contributed by atoms with E-state index in [1.165, 1.54) is 6.07 Å². The molecule has 118 valence electrons. The number of aryl methyl sites for hydroxylation is 1. The quantitative estimate of drug-likeness (QED) is 0.272. The maximum Gasteiger partial charge on any atom is 0.347 e. The van der Waals surface area contributed by atoms with Crippen molar-refractivity contribution in [3.05, 3.63) is 80.7 Å². The third-order valence-corrected chi connectivity index (χ3v) is 4.77. The molecule has 0 unspecified atom stereocenters. The number of ketones is 1. The zero-order chi connectivity index (χ0) is 17.3. The Balaban J connectivity index is 2.16. The predicted octanol–water partition coefficient (Wildman–Crippen LogP) is 4.14. The number of benzene rings is 2. The number of carbonyl (C=O) groups is 1. The van der Waals surface area contributed by atoms with Crippen molar-refractivity contribution in [2.24, 2.45) is 0 Å². The number of nitriles is 1. The van der Waals surface area contributed by atoms with Gasteiger partial charge in [0.15, 0.2) is 0 Å². The molecule has 0 radical (unpaired) electrons. The minimum Gasteiger partial charge on any atom is -0.422 e. The molecule has 0 bridgehead atoms. The summed E-state index contributed by atoms with van der Waals surface area (Å²) in [6.07, 6.45) is 0. The Morgan fingerprint density at radius 3 is 2.54 bits per heavy atom. The first-order valence-electron chi connectivity index (χ1n) is 7.22. The summed E-state index contributed by atoms with van der Waals surface area (Å²) in [5.41, 5.74) is 2.19. The molecule has 1 aromatic heterocycles. The van der Waals surface area contributed by atoms with Crippen LogP contribution in [0.15, 0.2) is 51.7 Å². The van der Waals surface area contributed by atoms with E-state index in [0.717, 1.165) is 9.99 Å². The molecule has 1 heterocycles. The van der Waals surface area contributed by atoms with Crippen molar-refractivity contribution in [2.45, 2.75) is 11.4 Å². The van der Waals surface area contributed by atoms with Crippen LogP contribution in [-0.4, -0.2) is 5.78 Å². The molecule has 0 fully saturated rings. The van der Waals surface area contributed by atoms with Crippen LogP contribution in [0.25, 0.3) is 11.0 Å². The van der Waals surface area contributed by atoms with Gasteiger partial charge in [-0.15, -0.1) is 0 Å². The highest BCUT2D eigenvalue weighted by Crippen LogP contribution is 2.22. The van der Waals surface area contributed by atoms with E-state index in [1.54, 1.807) is 31.2 Å². The highest BCUT2D eigenvalue weighted by Gasteiger charge is 2.20. The zero-order valence-electron chi connectivity index (χ0n) is 12.8. The molecule has 5 heteroatoms. The fourth-order valence-electron chi connectivity index (χ4n) is 2.58. The van der Waals surface area contributed by atoms with E-state index in [1.807, 2.05) is 18.2 Å². The third-order valence-electron chi connectivity index (χ3n) is 3.89. The summed E-state index contributed by atoms with van der Waals surface area (Å²) < 4.78 is 6.13. The number of fused-ring (bicyclic) bond motifs is 1. The van der Waals surface area contributed by atoms with Crippen LogP contribution in [-0.2, 0) is 4.43 Å². The number of halogens is 1. The topological polar surface area (TPSA) is 71.1 Å². The molecular weight excluding hydrogens is 417 g/mol. The van der Waals surface area contributed by atoms with Crippen molar-refractivity contribution in [2.75, 3.05) is 0 Å². The molecule has 0 atom stereocenters. The second-order valence-corrected chi connectivity index (χ2v) is 6.13. The minimum absolute atomic E-state index is 0.0365. The first-order chi connectivity index (χ1) is 11.5. The maximum absolute atomic E-state index is 12.7. The SMILES string of the molecule is Cc1c(C(=O)c2ccc(CI)cc2)c(=O)oc2cc(C#N)ccc12. The van der Waals surface area contributed by atoms with Gasteiger partial charge in [-0.1, -0.05) is 46.9 Å². The van der Waals surface area contributed by atoms with Crippen molar-refractivity contribution in [1.29, 1.82) is 5.26 Å².